The van der Waals surface area contributed by atoms with Crippen molar-refractivity contribution in [2.45, 2.75) is 13.8 Å². The summed E-state index contributed by atoms with van der Waals surface area (Å²) in [5.74, 6) is 0.176. The van der Waals surface area contributed by atoms with Gasteiger partial charge in [0.05, 0.1) is 6.26 Å². The smallest absolute Gasteiger partial charge is 0.289 e. The van der Waals surface area contributed by atoms with Gasteiger partial charge in [-0.3, -0.25) is 14.4 Å². The first-order valence-electron chi connectivity index (χ1n) is 9.46. The topological polar surface area (TPSA) is 82.9 Å². The molecule has 0 radical (unpaired) electrons. The van der Waals surface area contributed by atoms with E-state index in [0.717, 1.165) is 0 Å². The van der Waals surface area contributed by atoms with E-state index in [1.807, 2.05) is 13.8 Å². The van der Waals surface area contributed by atoms with Gasteiger partial charge in [0.25, 0.3) is 17.7 Å². The van der Waals surface area contributed by atoms with Gasteiger partial charge in [-0.05, 0) is 36.2 Å². The average Bonchev–Trinajstić information content (AvgIpc) is 3.26. The van der Waals surface area contributed by atoms with Crippen LogP contribution in [0.2, 0.25) is 0 Å². The molecule has 1 aromatic heterocycles. The Kier molecular flexibility index (Phi) is 6.13. The second kappa shape index (κ2) is 8.73. The molecule has 0 bridgehead atoms. The number of rotatable bonds is 5. The van der Waals surface area contributed by atoms with Crippen LogP contribution in [0, 0.1) is 5.92 Å². The lowest BCUT2D eigenvalue weighted by atomic mass is 10.1. The molecule has 2 aromatic rings. The summed E-state index contributed by atoms with van der Waals surface area (Å²) in [7, 11) is 0. The highest BCUT2D eigenvalue weighted by Crippen LogP contribution is 2.13. The van der Waals surface area contributed by atoms with Crippen LogP contribution in [0.15, 0.2) is 47.1 Å². The standard InChI is InChI=1S/C21H25N3O4/c1-15(2)14-22-19(25)16-5-3-6-17(13-16)20(26)23-8-10-24(11-9-23)21(27)18-7-4-12-28-18/h3-7,12-13,15H,8-11,14H2,1-2H3,(H,22,25). The molecule has 7 heteroatoms. The molecule has 0 atom stereocenters. The highest BCUT2D eigenvalue weighted by Gasteiger charge is 2.26. The SMILES string of the molecule is CC(C)CNC(=O)c1cccc(C(=O)N2CCN(C(=O)c3ccco3)CC2)c1. The van der Waals surface area contributed by atoms with E-state index >= 15 is 0 Å². The van der Waals surface area contributed by atoms with Gasteiger partial charge in [0.1, 0.15) is 0 Å². The fourth-order valence-electron chi connectivity index (χ4n) is 3.04. The lowest BCUT2D eigenvalue weighted by Crippen LogP contribution is -2.50. The van der Waals surface area contributed by atoms with Gasteiger partial charge in [0.2, 0.25) is 0 Å². The Bertz CT molecular complexity index is 837. The number of carbonyl (C=O) groups is 3. The summed E-state index contributed by atoms with van der Waals surface area (Å²) in [6, 6.07) is 10.1. The molecule has 0 aliphatic carbocycles. The zero-order chi connectivity index (χ0) is 20.1. The first kappa shape index (κ1) is 19.7. The monoisotopic (exact) mass is 383 g/mol. The number of piperazine rings is 1. The number of amides is 3. The molecule has 7 nitrogen and oxygen atoms in total. The number of furan rings is 1. The Balaban J connectivity index is 1.60. The number of hydrogen-bond donors (Lipinski definition) is 1. The number of nitrogens with zero attached hydrogens (tertiary/aromatic N) is 2. The van der Waals surface area contributed by atoms with E-state index in [9.17, 15) is 14.4 Å². The van der Waals surface area contributed by atoms with Crippen LogP contribution in [0.4, 0.5) is 0 Å². The van der Waals surface area contributed by atoms with Crippen LogP contribution >= 0.6 is 0 Å². The summed E-state index contributed by atoms with van der Waals surface area (Å²) in [6.07, 6.45) is 1.47. The predicted octanol–water partition coefficient (Wildman–Crippen LogP) is 2.26. The quantitative estimate of drug-likeness (QED) is 0.859. The van der Waals surface area contributed by atoms with Crippen LogP contribution in [0.5, 0.6) is 0 Å². The Labute approximate surface area is 164 Å². The van der Waals surface area contributed by atoms with E-state index in [1.54, 1.807) is 46.2 Å². The number of hydrogen-bond acceptors (Lipinski definition) is 4. The van der Waals surface area contributed by atoms with Crippen molar-refractivity contribution in [3.05, 3.63) is 59.5 Å². The first-order valence-corrected chi connectivity index (χ1v) is 9.46. The minimum absolute atomic E-state index is 0.136. The van der Waals surface area contributed by atoms with Crippen LogP contribution in [-0.2, 0) is 0 Å². The Hall–Kier alpha value is -3.09. The molecule has 0 saturated carbocycles. The normalized spacial score (nSPS) is 14.2. The van der Waals surface area contributed by atoms with Gasteiger partial charge in [0, 0.05) is 43.9 Å². The molecule has 0 spiro atoms. The van der Waals surface area contributed by atoms with Crippen molar-refractivity contribution < 1.29 is 18.8 Å². The summed E-state index contributed by atoms with van der Waals surface area (Å²) < 4.78 is 5.15. The molecule has 28 heavy (non-hydrogen) atoms. The van der Waals surface area contributed by atoms with Crippen molar-refractivity contribution >= 4 is 17.7 Å². The molecular weight excluding hydrogens is 358 g/mol. The van der Waals surface area contributed by atoms with Gasteiger partial charge >= 0.3 is 0 Å². The molecule has 1 saturated heterocycles. The maximum atomic E-state index is 12.8. The highest BCUT2D eigenvalue weighted by molar-refractivity contribution is 6.00. The summed E-state index contributed by atoms with van der Waals surface area (Å²) in [5, 5.41) is 2.86. The van der Waals surface area contributed by atoms with Crippen molar-refractivity contribution in [3.8, 4) is 0 Å². The van der Waals surface area contributed by atoms with Gasteiger partial charge in [-0.2, -0.15) is 0 Å². The third kappa shape index (κ3) is 4.60. The van der Waals surface area contributed by atoms with E-state index in [4.69, 9.17) is 4.42 Å². The molecular formula is C21H25N3O4. The summed E-state index contributed by atoms with van der Waals surface area (Å²) in [6.45, 7) is 6.40. The van der Waals surface area contributed by atoms with Gasteiger partial charge in [-0.25, -0.2) is 0 Å². The van der Waals surface area contributed by atoms with Crippen LogP contribution < -0.4 is 5.32 Å². The van der Waals surface area contributed by atoms with Crippen LogP contribution in [0.3, 0.4) is 0 Å². The molecule has 0 unspecified atom stereocenters. The van der Waals surface area contributed by atoms with E-state index in [1.165, 1.54) is 6.26 Å². The lowest BCUT2D eigenvalue weighted by molar-refractivity contribution is 0.0518. The zero-order valence-corrected chi connectivity index (χ0v) is 16.2. The minimum atomic E-state index is -0.183. The largest absolute Gasteiger partial charge is 0.459 e. The number of benzene rings is 1. The van der Waals surface area contributed by atoms with Gasteiger partial charge in [0.15, 0.2) is 5.76 Å². The first-order chi connectivity index (χ1) is 13.5. The van der Waals surface area contributed by atoms with Crippen molar-refractivity contribution in [1.29, 1.82) is 0 Å². The Morgan fingerprint density at radius 1 is 0.964 bits per heavy atom. The molecule has 2 heterocycles. The lowest BCUT2D eigenvalue weighted by Gasteiger charge is -2.34. The second-order valence-corrected chi connectivity index (χ2v) is 7.25. The number of nitrogens with one attached hydrogen (secondary N) is 1. The maximum Gasteiger partial charge on any atom is 0.289 e. The van der Waals surface area contributed by atoms with E-state index in [0.29, 0.717) is 55.5 Å². The predicted molar refractivity (Wildman–Crippen MR) is 104 cm³/mol. The molecule has 3 rings (SSSR count). The van der Waals surface area contributed by atoms with Gasteiger partial charge in [-0.1, -0.05) is 19.9 Å². The average molecular weight is 383 g/mol. The Morgan fingerprint density at radius 3 is 2.21 bits per heavy atom. The van der Waals surface area contributed by atoms with E-state index < -0.39 is 0 Å². The summed E-state index contributed by atoms with van der Waals surface area (Å²) >= 11 is 0. The molecule has 3 amide bonds. The van der Waals surface area contributed by atoms with Crippen molar-refractivity contribution in [2.75, 3.05) is 32.7 Å². The van der Waals surface area contributed by atoms with Crippen molar-refractivity contribution in [3.63, 3.8) is 0 Å². The van der Waals surface area contributed by atoms with E-state index in [-0.39, 0.29) is 17.7 Å². The molecule has 148 valence electrons. The minimum Gasteiger partial charge on any atom is -0.459 e. The zero-order valence-electron chi connectivity index (χ0n) is 16.2. The van der Waals surface area contributed by atoms with Crippen LogP contribution in [0.1, 0.15) is 45.1 Å². The third-order valence-electron chi connectivity index (χ3n) is 4.63. The molecule has 1 fully saturated rings. The van der Waals surface area contributed by atoms with Crippen LogP contribution in [0.25, 0.3) is 0 Å². The van der Waals surface area contributed by atoms with Gasteiger partial charge < -0.3 is 19.5 Å². The fraction of sp³-hybridized carbons (Fsp3) is 0.381. The summed E-state index contributed by atoms with van der Waals surface area (Å²) in [4.78, 5) is 40.8. The maximum absolute atomic E-state index is 12.8. The van der Waals surface area contributed by atoms with Gasteiger partial charge in [-0.15, -0.1) is 0 Å². The second-order valence-electron chi connectivity index (χ2n) is 7.25. The molecule has 1 aliphatic heterocycles. The molecule has 1 N–H and O–H groups in total. The molecule has 1 aromatic carbocycles. The number of carbonyl (C=O) groups excluding carboxylic acids is 3. The Morgan fingerprint density at radius 2 is 1.61 bits per heavy atom. The highest BCUT2D eigenvalue weighted by atomic mass is 16.3. The van der Waals surface area contributed by atoms with Crippen molar-refractivity contribution in [1.82, 2.24) is 15.1 Å². The fourth-order valence-corrected chi connectivity index (χ4v) is 3.04. The van der Waals surface area contributed by atoms with E-state index in [2.05, 4.69) is 5.32 Å². The third-order valence-corrected chi connectivity index (χ3v) is 4.63. The summed E-state index contributed by atoms with van der Waals surface area (Å²) in [5.41, 5.74) is 0.946. The van der Waals surface area contributed by atoms with Crippen LogP contribution in [-0.4, -0.2) is 60.2 Å². The van der Waals surface area contributed by atoms with Crippen molar-refractivity contribution in [2.24, 2.45) is 5.92 Å². The molecule has 1 aliphatic rings.